The second-order valence-electron chi connectivity index (χ2n) is 5.39. The summed E-state index contributed by atoms with van der Waals surface area (Å²) in [4.78, 5) is 12.4. The van der Waals surface area contributed by atoms with E-state index >= 15 is 0 Å². The van der Waals surface area contributed by atoms with Gasteiger partial charge in [0.25, 0.3) is 0 Å². The zero-order chi connectivity index (χ0) is 18.4. The van der Waals surface area contributed by atoms with Crippen molar-refractivity contribution < 1.29 is 13.2 Å². The van der Waals surface area contributed by atoms with Crippen molar-refractivity contribution in [2.75, 3.05) is 0 Å². The fraction of sp³-hybridized carbons (Fsp3) is 0.286. The molecule has 3 rings (SSSR count). The molecule has 1 N–H and O–H groups in total. The molecule has 0 amide bonds. The monoisotopic (exact) mass is 407 g/mol. The summed E-state index contributed by atoms with van der Waals surface area (Å²) in [5, 5.41) is 6.44. The molecule has 0 atom stereocenters. The topological polar surface area (TPSA) is 67.3 Å². The molecule has 5 nitrogen and oxygen atoms in total. The van der Waals surface area contributed by atoms with E-state index < -0.39 is 12.0 Å². The van der Waals surface area contributed by atoms with Crippen LogP contribution in [0.2, 0.25) is 10.0 Å². The first-order chi connectivity index (χ1) is 11.6. The van der Waals surface area contributed by atoms with Crippen LogP contribution in [0.4, 0.5) is 13.2 Å². The van der Waals surface area contributed by atoms with E-state index in [-0.39, 0.29) is 11.1 Å². The first-order valence-electron chi connectivity index (χ1n) is 6.99. The zero-order valence-corrected chi connectivity index (χ0v) is 15.1. The molecule has 25 heavy (non-hydrogen) atoms. The summed E-state index contributed by atoms with van der Waals surface area (Å²) in [6.07, 6.45) is -4.59. The number of hydrogen-bond acceptors (Lipinski definition) is 5. The molecule has 1 aromatic carbocycles. The fourth-order valence-corrected chi connectivity index (χ4v) is 3.25. The third-order valence-electron chi connectivity index (χ3n) is 3.17. The Morgan fingerprint density at radius 1 is 1.04 bits per heavy atom. The van der Waals surface area contributed by atoms with Crippen LogP contribution >= 0.6 is 35.0 Å². The number of rotatable bonds is 3. The van der Waals surface area contributed by atoms with Crippen molar-refractivity contribution >= 4 is 46.0 Å². The second-order valence-corrected chi connectivity index (χ2v) is 7.16. The number of fused-ring (bicyclic) bond motifs is 1. The zero-order valence-electron chi connectivity index (χ0n) is 12.8. The number of benzene rings is 1. The molecule has 0 saturated carbocycles. The molecule has 0 unspecified atom stereocenters. The number of nitrogens with zero attached hydrogens (tertiary/aromatic N) is 4. The van der Waals surface area contributed by atoms with Crippen molar-refractivity contribution in [3.63, 3.8) is 0 Å². The summed E-state index contributed by atoms with van der Waals surface area (Å²) in [5.41, 5.74) is 1.63. The number of aromatic amines is 1. The van der Waals surface area contributed by atoms with Gasteiger partial charge in [0.2, 0.25) is 11.0 Å². The van der Waals surface area contributed by atoms with Gasteiger partial charge in [-0.2, -0.15) is 18.2 Å². The standard InChI is InChI=1S/C14H10Cl2F3N5S/c1-5(2)10-11(25-13-22-12(23-24-13)14(17,18)19)21-9-4-7(16)6(15)3-8(9)20-10/h3-5H,1-2H3,(H,22,23,24). The van der Waals surface area contributed by atoms with Crippen LogP contribution in [0.15, 0.2) is 22.3 Å². The van der Waals surface area contributed by atoms with Crippen molar-refractivity contribution in [2.45, 2.75) is 36.1 Å². The normalized spacial score (nSPS) is 12.3. The summed E-state index contributed by atoms with van der Waals surface area (Å²) < 4.78 is 37.9. The molecule has 0 aliphatic carbocycles. The fourth-order valence-electron chi connectivity index (χ4n) is 2.01. The highest BCUT2D eigenvalue weighted by atomic mass is 35.5. The highest BCUT2D eigenvalue weighted by Gasteiger charge is 2.35. The van der Waals surface area contributed by atoms with Crippen LogP contribution in [0.3, 0.4) is 0 Å². The Kier molecular flexibility index (Phi) is 4.82. The minimum atomic E-state index is -4.59. The van der Waals surface area contributed by atoms with E-state index in [0.29, 0.717) is 31.8 Å². The molecule has 0 aliphatic heterocycles. The van der Waals surface area contributed by atoms with E-state index in [1.807, 2.05) is 18.9 Å². The van der Waals surface area contributed by atoms with Gasteiger partial charge < -0.3 is 0 Å². The van der Waals surface area contributed by atoms with Crippen LogP contribution in [0.5, 0.6) is 0 Å². The van der Waals surface area contributed by atoms with Gasteiger partial charge in [-0.05, 0) is 29.8 Å². The van der Waals surface area contributed by atoms with Crippen LogP contribution in [0, 0.1) is 0 Å². The summed E-state index contributed by atoms with van der Waals surface area (Å²) in [5.74, 6) is -1.18. The average molecular weight is 408 g/mol. The molecular formula is C14H10Cl2F3N5S. The summed E-state index contributed by atoms with van der Waals surface area (Å²) in [6, 6.07) is 3.15. The quantitative estimate of drug-likeness (QED) is 0.633. The highest BCUT2D eigenvalue weighted by Crippen LogP contribution is 2.34. The van der Waals surface area contributed by atoms with Crippen LogP contribution in [0.1, 0.15) is 31.3 Å². The Hall–Kier alpha value is -1.58. The average Bonchev–Trinajstić information content (AvgIpc) is 2.97. The van der Waals surface area contributed by atoms with Crippen molar-refractivity contribution in [3.8, 4) is 0 Å². The lowest BCUT2D eigenvalue weighted by molar-refractivity contribution is -0.144. The SMILES string of the molecule is CC(C)c1nc2cc(Cl)c(Cl)cc2nc1Sc1n[nH]c(C(F)(F)F)n1. The summed E-state index contributed by atoms with van der Waals surface area (Å²) >= 11 is 12.9. The molecule has 3 aromatic rings. The number of alkyl halides is 3. The third-order valence-corrected chi connectivity index (χ3v) is 4.75. The first-order valence-corrected chi connectivity index (χ1v) is 8.56. The molecule has 132 valence electrons. The molecule has 11 heteroatoms. The van der Waals surface area contributed by atoms with Crippen molar-refractivity contribution in [1.29, 1.82) is 0 Å². The van der Waals surface area contributed by atoms with E-state index in [2.05, 4.69) is 20.1 Å². The molecule has 0 aliphatic rings. The van der Waals surface area contributed by atoms with Crippen LogP contribution in [-0.2, 0) is 6.18 Å². The number of nitrogens with one attached hydrogen (secondary N) is 1. The number of halogens is 5. The Morgan fingerprint density at radius 3 is 2.16 bits per heavy atom. The van der Waals surface area contributed by atoms with E-state index in [1.54, 1.807) is 12.1 Å². The Balaban J connectivity index is 2.06. The number of H-pyrrole nitrogens is 1. The lowest BCUT2D eigenvalue weighted by Crippen LogP contribution is -2.07. The summed E-state index contributed by atoms with van der Waals surface area (Å²) in [7, 11) is 0. The van der Waals surface area contributed by atoms with Gasteiger partial charge in [0.1, 0.15) is 5.03 Å². The van der Waals surface area contributed by atoms with Crippen LogP contribution in [0.25, 0.3) is 11.0 Å². The largest absolute Gasteiger partial charge is 0.451 e. The predicted octanol–water partition coefficient (Wildman–Crippen LogP) is 5.35. The molecule has 0 bridgehead atoms. The van der Waals surface area contributed by atoms with Crippen LogP contribution < -0.4 is 0 Å². The Bertz CT molecular complexity index is 942. The third kappa shape index (κ3) is 3.83. The maximum Gasteiger partial charge on any atom is 0.451 e. The first kappa shape index (κ1) is 18.2. The van der Waals surface area contributed by atoms with E-state index in [9.17, 15) is 13.2 Å². The van der Waals surface area contributed by atoms with Gasteiger partial charge in [-0.25, -0.2) is 9.97 Å². The highest BCUT2D eigenvalue weighted by molar-refractivity contribution is 7.99. The smallest absolute Gasteiger partial charge is 0.254 e. The Morgan fingerprint density at radius 2 is 1.64 bits per heavy atom. The van der Waals surface area contributed by atoms with Gasteiger partial charge >= 0.3 is 6.18 Å². The van der Waals surface area contributed by atoms with Gasteiger partial charge in [-0.3, -0.25) is 5.10 Å². The van der Waals surface area contributed by atoms with E-state index in [0.717, 1.165) is 11.8 Å². The maximum atomic E-state index is 12.6. The molecular weight excluding hydrogens is 398 g/mol. The molecule has 0 spiro atoms. The maximum absolute atomic E-state index is 12.6. The molecule has 0 fully saturated rings. The number of aromatic nitrogens is 5. The molecule has 0 saturated heterocycles. The summed E-state index contributed by atoms with van der Waals surface area (Å²) in [6.45, 7) is 3.80. The van der Waals surface area contributed by atoms with Crippen molar-refractivity contribution in [3.05, 3.63) is 33.7 Å². The number of hydrogen-bond donors (Lipinski definition) is 1. The molecule has 2 heterocycles. The Labute approximate surface area is 154 Å². The lowest BCUT2D eigenvalue weighted by Gasteiger charge is -2.11. The van der Waals surface area contributed by atoms with Gasteiger partial charge in [0.05, 0.1) is 26.8 Å². The van der Waals surface area contributed by atoms with Gasteiger partial charge in [0, 0.05) is 0 Å². The van der Waals surface area contributed by atoms with Gasteiger partial charge in [0.15, 0.2) is 0 Å². The van der Waals surface area contributed by atoms with E-state index in [1.165, 1.54) is 0 Å². The second kappa shape index (κ2) is 6.62. The van der Waals surface area contributed by atoms with Crippen molar-refractivity contribution in [1.82, 2.24) is 25.1 Å². The van der Waals surface area contributed by atoms with E-state index in [4.69, 9.17) is 23.2 Å². The van der Waals surface area contributed by atoms with Gasteiger partial charge in [-0.1, -0.05) is 37.0 Å². The van der Waals surface area contributed by atoms with Gasteiger partial charge in [-0.15, -0.1) is 5.10 Å². The minimum absolute atomic E-state index is 0.0186. The van der Waals surface area contributed by atoms with Crippen LogP contribution in [-0.4, -0.2) is 25.1 Å². The molecule has 0 radical (unpaired) electrons. The van der Waals surface area contributed by atoms with Crippen molar-refractivity contribution in [2.24, 2.45) is 0 Å². The predicted molar refractivity (Wildman–Crippen MR) is 89.2 cm³/mol. The minimum Gasteiger partial charge on any atom is -0.254 e. The lowest BCUT2D eigenvalue weighted by atomic mass is 10.1. The molecule has 2 aromatic heterocycles.